The molecule has 0 bridgehead atoms. The largest absolute Gasteiger partial charge is 0.497 e. The van der Waals surface area contributed by atoms with Crippen molar-refractivity contribution >= 4 is 28.8 Å². The number of esters is 1. The second-order valence-corrected chi connectivity index (χ2v) is 9.16. The molecule has 0 aromatic heterocycles. The van der Waals surface area contributed by atoms with E-state index in [0.29, 0.717) is 40.9 Å². The topological polar surface area (TPSA) is 98.7 Å². The summed E-state index contributed by atoms with van der Waals surface area (Å²) in [6.07, 6.45) is 2.71. The third-order valence-electron chi connectivity index (χ3n) is 6.25. The lowest BCUT2D eigenvalue weighted by Crippen LogP contribution is -2.39. The van der Waals surface area contributed by atoms with Gasteiger partial charge in [0.1, 0.15) is 11.5 Å². The maximum absolute atomic E-state index is 13.1. The molecule has 0 saturated carbocycles. The maximum atomic E-state index is 13.1. The Hall–Kier alpha value is -2.98. The number of thioether (sulfide) groups is 1. The molecule has 3 aliphatic heterocycles. The number of amidine groups is 1. The molecule has 1 fully saturated rings. The Labute approximate surface area is 209 Å². The number of rotatable bonds is 9. The van der Waals surface area contributed by atoms with E-state index in [0.717, 1.165) is 30.7 Å². The van der Waals surface area contributed by atoms with Crippen molar-refractivity contribution in [2.45, 2.75) is 44.8 Å². The molecular formula is C25H31N3O6S. The predicted octanol–water partition coefficient (Wildman–Crippen LogP) is 3.53. The molecule has 0 spiro atoms. The van der Waals surface area contributed by atoms with Gasteiger partial charge in [-0.25, -0.2) is 9.79 Å². The fourth-order valence-corrected chi connectivity index (χ4v) is 5.46. The van der Waals surface area contributed by atoms with Gasteiger partial charge in [0.2, 0.25) is 5.91 Å². The Morgan fingerprint density at radius 2 is 2.09 bits per heavy atom. The van der Waals surface area contributed by atoms with Crippen molar-refractivity contribution in [1.29, 1.82) is 0 Å². The van der Waals surface area contributed by atoms with Gasteiger partial charge in [0.15, 0.2) is 5.17 Å². The normalized spacial score (nSPS) is 21.3. The van der Waals surface area contributed by atoms with Gasteiger partial charge in [0.05, 0.1) is 51.2 Å². The van der Waals surface area contributed by atoms with Crippen LogP contribution in [0.25, 0.3) is 0 Å². The van der Waals surface area contributed by atoms with Gasteiger partial charge in [0.25, 0.3) is 0 Å². The van der Waals surface area contributed by atoms with Gasteiger partial charge in [-0.3, -0.25) is 4.79 Å². The highest BCUT2D eigenvalue weighted by molar-refractivity contribution is 8.16. The van der Waals surface area contributed by atoms with E-state index in [-0.39, 0.29) is 18.4 Å². The van der Waals surface area contributed by atoms with Crippen LogP contribution < -0.4 is 14.8 Å². The molecule has 1 N–H and O–H groups in total. The highest BCUT2D eigenvalue weighted by atomic mass is 32.2. The van der Waals surface area contributed by atoms with Crippen LogP contribution in [0.1, 0.15) is 44.2 Å². The van der Waals surface area contributed by atoms with Crippen LogP contribution in [0.4, 0.5) is 0 Å². The third-order valence-corrected chi connectivity index (χ3v) is 7.14. The lowest BCUT2D eigenvalue weighted by atomic mass is 9.92. The molecule has 10 heteroatoms. The van der Waals surface area contributed by atoms with Crippen LogP contribution in [-0.2, 0) is 19.1 Å². The number of aliphatic imine (C=N–C) groups is 1. The molecule has 2 atom stereocenters. The standard InChI is InChI=1S/C25H31N3O6S/c1-5-19-22(24(30)33-4)23(18-12-16(31-2)8-9-20(18)32-3)28-15(14-35-25(28)27-19)11-21(29)26-13-17-7-6-10-34-17/h8-9,12,14,17,23H,5-7,10-11,13H2,1-4H3,(H,26,29)/t17-,23-/m0/s1. The smallest absolute Gasteiger partial charge is 0.338 e. The number of nitrogens with one attached hydrogen (secondary N) is 1. The van der Waals surface area contributed by atoms with E-state index in [2.05, 4.69) is 5.32 Å². The zero-order valence-corrected chi connectivity index (χ0v) is 21.3. The zero-order chi connectivity index (χ0) is 24.9. The number of allylic oxidation sites excluding steroid dienone is 1. The first kappa shape index (κ1) is 25.1. The monoisotopic (exact) mass is 501 g/mol. The Morgan fingerprint density at radius 3 is 2.74 bits per heavy atom. The van der Waals surface area contributed by atoms with Crippen molar-refractivity contribution in [3.05, 3.63) is 46.1 Å². The summed E-state index contributed by atoms with van der Waals surface area (Å²) in [4.78, 5) is 32.6. The molecule has 4 rings (SSSR count). The van der Waals surface area contributed by atoms with Crippen molar-refractivity contribution in [1.82, 2.24) is 10.2 Å². The quantitative estimate of drug-likeness (QED) is 0.513. The fraction of sp³-hybridized carbons (Fsp3) is 0.480. The average molecular weight is 502 g/mol. The minimum Gasteiger partial charge on any atom is -0.497 e. The first-order chi connectivity index (χ1) is 17.0. The number of hydrogen-bond acceptors (Lipinski definition) is 9. The van der Waals surface area contributed by atoms with Gasteiger partial charge >= 0.3 is 5.97 Å². The van der Waals surface area contributed by atoms with E-state index in [1.54, 1.807) is 26.4 Å². The van der Waals surface area contributed by atoms with E-state index in [4.69, 9.17) is 23.9 Å². The van der Waals surface area contributed by atoms with E-state index >= 15 is 0 Å². The fourth-order valence-electron chi connectivity index (χ4n) is 4.52. The second kappa shape index (κ2) is 11.2. The molecule has 188 valence electrons. The van der Waals surface area contributed by atoms with E-state index in [1.807, 2.05) is 23.3 Å². The number of nitrogens with zero attached hydrogens (tertiary/aromatic N) is 2. The van der Waals surface area contributed by atoms with E-state index in [1.165, 1.54) is 18.9 Å². The summed E-state index contributed by atoms with van der Waals surface area (Å²) in [6, 6.07) is 4.86. The van der Waals surface area contributed by atoms with Crippen LogP contribution in [0.2, 0.25) is 0 Å². The summed E-state index contributed by atoms with van der Waals surface area (Å²) in [5, 5.41) is 5.59. The van der Waals surface area contributed by atoms with Gasteiger partial charge < -0.3 is 29.2 Å². The molecule has 3 heterocycles. The van der Waals surface area contributed by atoms with Gasteiger partial charge in [-0.05, 0) is 42.9 Å². The van der Waals surface area contributed by atoms with Crippen molar-refractivity contribution < 1.29 is 28.5 Å². The number of carbonyl (C=O) groups excluding carboxylic acids is 2. The molecule has 1 aromatic carbocycles. The minimum atomic E-state index is -0.595. The van der Waals surface area contributed by atoms with Crippen molar-refractivity contribution in [2.24, 2.45) is 4.99 Å². The Kier molecular flexibility index (Phi) is 8.02. The second-order valence-electron chi connectivity index (χ2n) is 8.32. The van der Waals surface area contributed by atoms with Crippen molar-refractivity contribution in [2.75, 3.05) is 34.5 Å². The average Bonchev–Trinajstić information content (AvgIpc) is 3.55. The first-order valence-corrected chi connectivity index (χ1v) is 12.5. The number of fused-ring (bicyclic) bond motifs is 1. The molecule has 0 unspecified atom stereocenters. The van der Waals surface area contributed by atoms with Gasteiger partial charge in [-0.15, -0.1) is 0 Å². The molecular weight excluding hydrogens is 470 g/mol. The molecule has 1 amide bonds. The van der Waals surface area contributed by atoms with Gasteiger partial charge in [-0.1, -0.05) is 18.7 Å². The van der Waals surface area contributed by atoms with Crippen LogP contribution in [0.15, 0.2) is 45.6 Å². The number of amides is 1. The van der Waals surface area contributed by atoms with E-state index < -0.39 is 12.0 Å². The molecule has 1 aromatic rings. The predicted molar refractivity (Wildman–Crippen MR) is 133 cm³/mol. The molecule has 0 aliphatic carbocycles. The number of methoxy groups -OCH3 is 3. The van der Waals surface area contributed by atoms with E-state index in [9.17, 15) is 9.59 Å². The summed E-state index contributed by atoms with van der Waals surface area (Å²) in [5.74, 6) is 0.625. The number of hydrogen-bond donors (Lipinski definition) is 1. The molecule has 9 nitrogen and oxygen atoms in total. The van der Waals surface area contributed by atoms with Crippen LogP contribution >= 0.6 is 11.8 Å². The van der Waals surface area contributed by atoms with Crippen molar-refractivity contribution in [3.8, 4) is 11.5 Å². The lowest BCUT2D eigenvalue weighted by Gasteiger charge is -2.37. The highest BCUT2D eigenvalue weighted by Gasteiger charge is 2.42. The third kappa shape index (κ3) is 5.18. The Morgan fingerprint density at radius 1 is 1.26 bits per heavy atom. The van der Waals surface area contributed by atoms with Crippen LogP contribution in [-0.4, -0.2) is 62.5 Å². The Balaban J connectivity index is 1.70. The summed E-state index contributed by atoms with van der Waals surface area (Å²) >= 11 is 1.43. The maximum Gasteiger partial charge on any atom is 0.338 e. The summed E-state index contributed by atoms with van der Waals surface area (Å²) in [6.45, 7) is 3.17. The Bertz CT molecular complexity index is 1080. The van der Waals surface area contributed by atoms with Crippen LogP contribution in [0.5, 0.6) is 11.5 Å². The molecule has 0 radical (unpaired) electrons. The minimum absolute atomic E-state index is 0.0627. The lowest BCUT2D eigenvalue weighted by molar-refractivity contribution is -0.136. The van der Waals surface area contributed by atoms with Crippen LogP contribution in [0, 0.1) is 0 Å². The SMILES string of the molecule is CCC1=C(C(=O)OC)[C@H](c2cc(OC)ccc2OC)N2C(CC(=O)NC[C@@H]3CCCO3)=CSC2=N1. The van der Waals surface area contributed by atoms with Crippen molar-refractivity contribution in [3.63, 3.8) is 0 Å². The zero-order valence-electron chi connectivity index (χ0n) is 20.5. The molecule has 35 heavy (non-hydrogen) atoms. The summed E-state index contributed by atoms with van der Waals surface area (Å²) in [5.41, 5.74) is 2.52. The molecule has 3 aliphatic rings. The first-order valence-electron chi connectivity index (χ1n) is 11.7. The highest BCUT2D eigenvalue weighted by Crippen LogP contribution is 2.48. The number of ether oxygens (including phenoxy) is 4. The number of benzene rings is 1. The van der Waals surface area contributed by atoms with Gasteiger partial charge in [-0.2, -0.15) is 0 Å². The summed E-state index contributed by atoms with van der Waals surface area (Å²) in [7, 11) is 4.53. The number of carbonyl (C=O) groups is 2. The molecule has 1 saturated heterocycles. The van der Waals surface area contributed by atoms with Gasteiger partial charge in [0, 0.05) is 24.4 Å². The van der Waals surface area contributed by atoms with Crippen LogP contribution in [0.3, 0.4) is 0 Å². The summed E-state index contributed by atoms with van der Waals surface area (Å²) < 4.78 is 21.9.